The molecule has 8 rings (SSSR count). The van der Waals surface area contributed by atoms with Crippen molar-refractivity contribution in [3.63, 3.8) is 0 Å². The summed E-state index contributed by atoms with van der Waals surface area (Å²) in [5.41, 5.74) is 10.0. The molecule has 9 heteroatoms. The van der Waals surface area contributed by atoms with Crippen LogP contribution in [0.5, 0.6) is 11.5 Å². The molecule has 9 nitrogen and oxygen atoms in total. The average Bonchev–Trinajstić information content (AvgIpc) is 3.77. The van der Waals surface area contributed by atoms with Gasteiger partial charge in [0.05, 0.1) is 10.8 Å². The van der Waals surface area contributed by atoms with Gasteiger partial charge in [-0.3, -0.25) is 0 Å². The predicted octanol–water partition coefficient (Wildman–Crippen LogP) is 8.63. The number of hydrogen-bond donors (Lipinski definition) is 0. The zero-order valence-corrected chi connectivity index (χ0v) is 24.3. The Morgan fingerprint density at radius 3 is 1.16 bits per heavy atom. The molecule has 0 aliphatic carbocycles. The van der Waals surface area contributed by atoms with Gasteiger partial charge >= 0.3 is 0 Å². The van der Waals surface area contributed by atoms with Crippen molar-refractivity contribution in [3.05, 3.63) is 121 Å². The number of aryl methyl sites for hydroxylation is 2. The van der Waals surface area contributed by atoms with E-state index in [1.165, 1.54) is 11.1 Å². The second-order valence-corrected chi connectivity index (χ2v) is 10.8. The van der Waals surface area contributed by atoms with E-state index in [1.54, 1.807) is 12.5 Å². The number of benzene rings is 4. The Labute approximate surface area is 257 Å². The van der Waals surface area contributed by atoms with Crippen molar-refractivity contribution >= 4 is 21.8 Å². The van der Waals surface area contributed by atoms with E-state index >= 15 is 0 Å². The minimum Gasteiger partial charge on any atom is -0.457 e. The van der Waals surface area contributed by atoms with Crippen molar-refractivity contribution in [2.75, 3.05) is 0 Å². The third kappa shape index (κ3) is 4.86. The Balaban J connectivity index is 1.02. The van der Waals surface area contributed by atoms with Gasteiger partial charge in [0.25, 0.3) is 0 Å². The lowest BCUT2D eigenvalue weighted by atomic mass is 10.0. The molecule has 0 bridgehead atoms. The van der Waals surface area contributed by atoms with E-state index in [1.807, 2.05) is 111 Å². The van der Waals surface area contributed by atoms with E-state index in [0.717, 1.165) is 33.0 Å². The van der Waals surface area contributed by atoms with Gasteiger partial charge in [0.2, 0.25) is 0 Å². The molecule has 0 N–H and O–H groups in total. The van der Waals surface area contributed by atoms with Crippen molar-refractivity contribution in [2.24, 2.45) is 0 Å². The minimum atomic E-state index is 0.669. The summed E-state index contributed by atoms with van der Waals surface area (Å²) in [4.78, 5) is 0. The molecule has 0 saturated carbocycles. The van der Waals surface area contributed by atoms with Gasteiger partial charge in [0, 0.05) is 22.3 Å². The Hall–Kier alpha value is -6.22. The Morgan fingerprint density at radius 1 is 0.422 bits per heavy atom. The lowest BCUT2D eigenvalue weighted by molar-refractivity contribution is 0.428. The lowest BCUT2D eigenvalue weighted by Gasteiger charge is -2.09. The normalized spacial score (nSPS) is 11.3. The van der Waals surface area contributed by atoms with Crippen LogP contribution >= 0.6 is 0 Å². The van der Waals surface area contributed by atoms with Crippen LogP contribution in [0.25, 0.3) is 66.8 Å². The molecule has 216 valence electrons. The van der Waals surface area contributed by atoms with Crippen molar-refractivity contribution in [1.82, 2.24) is 30.7 Å². The zero-order chi connectivity index (χ0) is 30.3. The first-order valence-corrected chi connectivity index (χ1v) is 14.3. The molecule has 0 fully saturated rings. The summed E-state index contributed by atoms with van der Waals surface area (Å²) in [5.74, 6) is 1.36. The van der Waals surface area contributed by atoms with Gasteiger partial charge < -0.3 is 13.8 Å². The quantitative estimate of drug-likeness (QED) is 0.188. The van der Waals surface area contributed by atoms with Crippen molar-refractivity contribution in [3.8, 4) is 56.5 Å². The number of fused-ring (bicyclic) bond motifs is 2. The summed E-state index contributed by atoms with van der Waals surface area (Å²) in [6.07, 6.45) is 3.22. The van der Waals surface area contributed by atoms with Gasteiger partial charge in [0.1, 0.15) is 57.8 Å². The fourth-order valence-corrected chi connectivity index (χ4v) is 5.29. The molecular formula is C36H24N6O3. The molecule has 4 aromatic carbocycles. The molecule has 0 unspecified atom stereocenters. The van der Waals surface area contributed by atoms with Gasteiger partial charge in [-0.15, -0.1) is 20.4 Å². The van der Waals surface area contributed by atoms with E-state index in [9.17, 15) is 0 Å². The van der Waals surface area contributed by atoms with E-state index in [0.29, 0.717) is 45.3 Å². The minimum absolute atomic E-state index is 0.669. The molecule has 45 heavy (non-hydrogen) atoms. The Bertz CT molecular complexity index is 2130. The summed E-state index contributed by atoms with van der Waals surface area (Å²) in [7, 11) is 0. The van der Waals surface area contributed by atoms with E-state index < -0.39 is 0 Å². The first-order valence-electron chi connectivity index (χ1n) is 14.3. The second kappa shape index (κ2) is 10.8. The fraction of sp³-hybridized carbons (Fsp3) is 0.0556. The van der Waals surface area contributed by atoms with Crippen LogP contribution in [-0.2, 0) is 0 Å². The highest BCUT2D eigenvalue weighted by atomic mass is 16.5. The molecule has 0 atom stereocenters. The van der Waals surface area contributed by atoms with Crippen LogP contribution in [0, 0.1) is 13.8 Å². The number of hydrogen-bond acceptors (Lipinski definition) is 9. The maximum absolute atomic E-state index is 6.14. The van der Waals surface area contributed by atoms with Crippen molar-refractivity contribution in [1.29, 1.82) is 0 Å². The number of ether oxygens (including phenoxy) is 1. The maximum atomic E-state index is 6.14. The zero-order valence-electron chi connectivity index (χ0n) is 24.3. The molecule has 8 aromatic rings. The van der Waals surface area contributed by atoms with E-state index in [-0.39, 0.29) is 0 Å². The summed E-state index contributed by atoms with van der Waals surface area (Å²) in [5, 5.41) is 28.1. The van der Waals surface area contributed by atoms with Crippen LogP contribution in [0.2, 0.25) is 0 Å². The topological polar surface area (TPSA) is 113 Å². The highest BCUT2D eigenvalue weighted by Gasteiger charge is 2.18. The van der Waals surface area contributed by atoms with Crippen LogP contribution in [0.1, 0.15) is 11.1 Å². The summed E-state index contributed by atoms with van der Waals surface area (Å²) < 4.78 is 16.8. The van der Waals surface area contributed by atoms with Crippen molar-refractivity contribution < 1.29 is 13.8 Å². The molecule has 0 saturated heterocycles. The molecule has 0 amide bonds. The molecule has 0 radical (unpaired) electrons. The Kier molecular flexibility index (Phi) is 6.34. The van der Waals surface area contributed by atoms with Crippen LogP contribution in [-0.4, -0.2) is 30.7 Å². The first kappa shape index (κ1) is 26.4. The monoisotopic (exact) mass is 588 g/mol. The number of nitrogens with zero attached hydrogens (tertiary/aromatic N) is 6. The van der Waals surface area contributed by atoms with Gasteiger partial charge in [-0.2, -0.15) is 0 Å². The van der Waals surface area contributed by atoms with Gasteiger partial charge in [0.15, 0.2) is 0 Å². The van der Waals surface area contributed by atoms with Crippen LogP contribution in [0.3, 0.4) is 0 Å². The van der Waals surface area contributed by atoms with E-state index in [2.05, 4.69) is 30.7 Å². The smallest absolute Gasteiger partial charge is 0.144 e. The lowest BCUT2D eigenvalue weighted by Crippen LogP contribution is -1.94. The third-order valence-electron chi connectivity index (χ3n) is 7.74. The standard InChI is InChI=1S/C36H24N6O3/c1-21-3-7-25(8-4-21)33-35-29(19-43-41-35)31(37-39-33)23-11-15-27(16-12-23)45-28-17-13-24(14-18-28)32-30-20-44-42-36(30)34(40-38-32)26-9-5-22(2)6-10-26/h3-20H,1-2H3. The number of aromatic nitrogens is 6. The summed E-state index contributed by atoms with van der Waals surface area (Å²) in [6, 6.07) is 31.6. The fourth-order valence-electron chi connectivity index (χ4n) is 5.29. The molecular weight excluding hydrogens is 564 g/mol. The van der Waals surface area contributed by atoms with Gasteiger partial charge in [-0.25, -0.2) is 0 Å². The van der Waals surface area contributed by atoms with Crippen LogP contribution < -0.4 is 4.74 Å². The van der Waals surface area contributed by atoms with Gasteiger partial charge in [-0.1, -0.05) is 70.0 Å². The summed E-state index contributed by atoms with van der Waals surface area (Å²) >= 11 is 0. The largest absolute Gasteiger partial charge is 0.457 e. The van der Waals surface area contributed by atoms with Crippen LogP contribution in [0.4, 0.5) is 0 Å². The highest BCUT2D eigenvalue weighted by molar-refractivity contribution is 5.99. The van der Waals surface area contributed by atoms with E-state index in [4.69, 9.17) is 13.8 Å². The second-order valence-electron chi connectivity index (χ2n) is 10.8. The maximum Gasteiger partial charge on any atom is 0.144 e. The van der Waals surface area contributed by atoms with Gasteiger partial charge in [-0.05, 0) is 62.4 Å². The average molecular weight is 589 g/mol. The molecule has 4 aromatic heterocycles. The van der Waals surface area contributed by atoms with Crippen LogP contribution in [0.15, 0.2) is 119 Å². The Morgan fingerprint density at radius 2 is 0.756 bits per heavy atom. The predicted molar refractivity (Wildman–Crippen MR) is 170 cm³/mol. The number of rotatable bonds is 6. The first-order chi connectivity index (χ1) is 22.1. The third-order valence-corrected chi connectivity index (χ3v) is 7.74. The summed E-state index contributed by atoms with van der Waals surface area (Å²) in [6.45, 7) is 4.09. The molecule has 0 aliphatic rings. The SMILES string of the molecule is Cc1ccc(-c2nnc(-c3ccc(Oc4ccc(-c5nnc(-c6ccc(C)cc6)c6nocc56)cc4)cc3)c3conc23)cc1. The highest BCUT2D eigenvalue weighted by Crippen LogP contribution is 2.35. The molecule has 4 heterocycles. The van der Waals surface area contributed by atoms with Crippen molar-refractivity contribution in [2.45, 2.75) is 13.8 Å². The molecule has 0 aliphatic heterocycles. The molecule has 0 spiro atoms.